The standard InChI is InChI=1S/C15H19NO2S/c1-2-9-18-15-6-4-3-5-13(15)12-16-14-7-10-19(17)11-8-14/h1,3-6,14,16H,7-12H2. The molecule has 1 aromatic carbocycles. The van der Waals surface area contributed by atoms with Gasteiger partial charge in [0, 0.05) is 40.5 Å². The number of ether oxygens (including phenoxy) is 1. The van der Waals surface area contributed by atoms with Gasteiger partial charge in [-0.1, -0.05) is 24.1 Å². The Morgan fingerprint density at radius 2 is 2.11 bits per heavy atom. The van der Waals surface area contributed by atoms with Gasteiger partial charge in [-0.3, -0.25) is 4.21 Å². The summed E-state index contributed by atoms with van der Waals surface area (Å²) in [5, 5.41) is 3.51. The number of terminal acetylenes is 1. The van der Waals surface area contributed by atoms with Gasteiger partial charge >= 0.3 is 0 Å². The molecular weight excluding hydrogens is 258 g/mol. The summed E-state index contributed by atoms with van der Waals surface area (Å²) in [6, 6.07) is 8.37. The van der Waals surface area contributed by atoms with Crippen LogP contribution >= 0.6 is 0 Å². The Labute approximate surface area is 117 Å². The van der Waals surface area contributed by atoms with Crippen LogP contribution in [-0.2, 0) is 17.3 Å². The van der Waals surface area contributed by atoms with Crippen molar-refractivity contribution in [1.29, 1.82) is 0 Å². The molecule has 0 bridgehead atoms. The molecule has 1 N–H and O–H groups in total. The molecule has 4 heteroatoms. The van der Waals surface area contributed by atoms with Gasteiger partial charge in [0.25, 0.3) is 0 Å². The highest BCUT2D eigenvalue weighted by Gasteiger charge is 2.17. The molecule has 0 saturated carbocycles. The Morgan fingerprint density at radius 3 is 2.84 bits per heavy atom. The van der Waals surface area contributed by atoms with Gasteiger partial charge in [-0.15, -0.1) is 6.42 Å². The largest absolute Gasteiger partial charge is 0.481 e. The van der Waals surface area contributed by atoms with Crippen LogP contribution < -0.4 is 10.1 Å². The predicted molar refractivity (Wildman–Crippen MR) is 78.5 cm³/mol. The molecule has 0 spiro atoms. The maximum atomic E-state index is 11.3. The zero-order chi connectivity index (χ0) is 13.5. The van der Waals surface area contributed by atoms with Gasteiger partial charge in [0.15, 0.2) is 0 Å². The molecule has 1 heterocycles. The fourth-order valence-corrected chi connectivity index (χ4v) is 3.46. The maximum absolute atomic E-state index is 11.3. The summed E-state index contributed by atoms with van der Waals surface area (Å²) in [7, 11) is -0.605. The molecule has 1 aliphatic rings. The van der Waals surface area contributed by atoms with Gasteiger partial charge in [-0.25, -0.2) is 0 Å². The maximum Gasteiger partial charge on any atom is 0.148 e. The first-order valence-corrected chi connectivity index (χ1v) is 8.01. The normalized spacial score (nSPS) is 22.7. The summed E-state index contributed by atoms with van der Waals surface area (Å²) in [6.07, 6.45) is 7.18. The van der Waals surface area contributed by atoms with E-state index in [4.69, 9.17) is 11.2 Å². The van der Waals surface area contributed by atoms with Crippen molar-refractivity contribution in [2.24, 2.45) is 0 Å². The quantitative estimate of drug-likeness (QED) is 0.833. The number of hydrogen-bond acceptors (Lipinski definition) is 3. The molecule has 1 aliphatic heterocycles. The average Bonchev–Trinajstić information content (AvgIpc) is 2.45. The van der Waals surface area contributed by atoms with E-state index in [9.17, 15) is 4.21 Å². The van der Waals surface area contributed by atoms with Crippen LogP contribution in [0.15, 0.2) is 24.3 Å². The molecule has 0 atom stereocenters. The van der Waals surface area contributed by atoms with E-state index in [1.165, 1.54) is 0 Å². The average molecular weight is 277 g/mol. The molecule has 102 valence electrons. The van der Waals surface area contributed by atoms with E-state index < -0.39 is 10.8 Å². The summed E-state index contributed by atoms with van der Waals surface area (Å²) in [4.78, 5) is 0. The lowest BCUT2D eigenvalue weighted by Crippen LogP contribution is -2.35. The number of nitrogens with one attached hydrogen (secondary N) is 1. The Bertz CT molecular complexity index is 471. The van der Waals surface area contributed by atoms with E-state index in [-0.39, 0.29) is 0 Å². The molecule has 0 unspecified atom stereocenters. The van der Waals surface area contributed by atoms with Crippen molar-refractivity contribution < 1.29 is 8.95 Å². The molecule has 0 aromatic heterocycles. The molecule has 1 fully saturated rings. The highest BCUT2D eigenvalue weighted by Crippen LogP contribution is 2.18. The third-order valence-electron chi connectivity index (χ3n) is 3.25. The lowest BCUT2D eigenvalue weighted by atomic mass is 10.1. The zero-order valence-electron chi connectivity index (χ0n) is 10.9. The number of benzene rings is 1. The molecule has 19 heavy (non-hydrogen) atoms. The van der Waals surface area contributed by atoms with Crippen LogP contribution in [0.25, 0.3) is 0 Å². The van der Waals surface area contributed by atoms with Crippen LogP contribution in [0.3, 0.4) is 0 Å². The Balaban J connectivity index is 1.88. The Morgan fingerprint density at radius 1 is 1.37 bits per heavy atom. The Kier molecular flexibility index (Phi) is 5.44. The molecule has 0 amide bonds. The van der Waals surface area contributed by atoms with E-state index in [2.05, 4.69) is 11.2 Å². The van der Waals surface area contributed by atoms with Crippen molar-refractivity contribution in [3.05, 3.63) is 29.8 Å². The SMILES string of the molecule is C#CCOc1ccccc1CNC1CCS(=O)CC1. The summed E-state index contributed by atoms with van der Waals surface area (Å²) < 4.78 is 16.8. The van der Waals surface area contributed by atoms with Crippen LogP contribution in [0.2, 0.25) is 0 Å². The van der Waals surface area contributed by atoms with Crippen LogP contribution in [0.5, 0.6) is 5.75 Å². The molecule has 0 radical (unpaired) electrons. The van der Waals surface area contributed by atoms with Crippen molar-refractivity contribution >= 4 is 10.8 Å². The fourth-order valence-electron chi connectivity index (χ4n) is 2.16. The van der Waals surface area contributed by atoms with Gasteiger partial charge in [-0.05, 0) is 18.9 Å². The minimum atomic E-state index is -0.605. The van der Waals surface area contributed by atoms with E-state index in [1.54, 1.807) is 0 Å². The highest BCUT2D eigenvalue weighted by atomic mass is 32.2. The van der Waals surface area contributed by atoms with E-state index in [0.717, 1.165) is 42.2 Å². The molecule has 3 nitrogen and oxygen atoms in total. The minimum absolute atomic E-state index is 0.291. The summed E-state index contributed by atoms with van der Waals surface area (Å²) in [5.74, 6) is 4.94. The van der Waals surface area contributed by atoms with Gasteiger partial charge in [0.05, 0.1) is 0 Å². The fraction of sp³-hybridized carbons (Fsp3) is 0.467. The van der Waals surface area contributed by atoms with Crippen LogP contribution in [0.1, 0.15) is 18.4 Å². The van der Waals surface area contributed by atoms with Gasteiger partial charge in [0.2, 0.25) is 0 Å². The van der Waals surface area contributed by atoms with Gasteiger partial charge in [-0.2, -0.15) is 0 Å². The van der Waals surface area contributed by atoms with E-state index in [0.29, 0.717) is 12.6 Å². The molecule has 2 rings (SSSR count). The van der Waals surface area contributed by atoms with E-state index in [1.807, 2.05) is 24.3 Å². The van der Waals surface area contributed by atoms with Crippen molar-refractivity contribution in [2.45, 2.75) is 25.4 Å². The molecule has 1 aromatic rings. The second-order valence-corrected chi connectivity index (χ2v) is 6.30. The predicted octanol–water partition coefficient (Wildman–Crippen LogP) is 1.70. The monoisotopic (exact) mass is 277 g/mol. The zero-order valence-corrected chi connectivity index (χ0v) is 11.7. The summed E-state index contributed by atoms with van der Waals surface area (Å²) >= 11 is 0. The number of hydrogen-bond donors (Lipinski definition) is 1. The lowest BCUT2D eigenvalue weighted by Gasteiger charge is -2.23. The first-order chi connectivity index (χ1) is 9.29. The van der Waals surface area contributed by atoms with Crippen molar-refractivity contribution in [2.75, 3.05) is 18.1 Å². The topological polar surface area (TPSA) is 38.3 Å². The van der Waals surface area contributed by atoms with Crippen molar-refractivity contribution in [3.8, 4) is 18.1 Å². The van der Waals surface area contributed by atoms with Gasteiger partial charge in [0.1, 0.15) is 12.4 Å². The van der Waals surface area contributed by atoms with Crippen LogP contribution in [0.4, 0.5) is 0 Å². The van der Waals surface area contributed by atoms with Gasteiger partial charge < -0.3 is 10.1 Å². The first kappa shape index (κ1) is 14.1. The number of rotatable bonds is 5. The minimum Gasteiger partial charge on any atom is -0.481 e. The highest BCUT2D eigenvalue weighted by molar-refractivity contribution is 7.85. The van der Waals surface area contributed by atoms with Crippen molar-refractivity contribution in [1.82, 2.24) is 5.32 Å². The lowest BCUT2D eigenvalue weighted by molar-refractivity contribution is 0.362. The molecule has 1 saturated heterocycles. The van der Waals surface area contributed by atoms with Crippen LogP contribution in [-0.4, -0.2) is 28.4 Å². The van der Waals surface area contributed by atoms with Crippen LogP contribution in [0, 0.1) is 12.3 Å². The third kappa shape index (κ3) is 4.38. The Hall–Kier alpha value is -1.31. The molecule has 0 aliphatic carbocycles. The smallest absolute Gasteiger partial charge is 0.148 e. The summed E-state index contributed by atoms with van der Waals surface area (Å²) in [6.45, 7) is 1.05. The molecular formula is C15H19NO2S. The second kappa shape index (κ2) is 7.32. The van der Waals surface area contributed by atoms with Crippen molar-refractivity contribution in [3.63, 3.8) is 0 Å². The number of para-hydroxylation sites is 1. The van der Waals surface area contributed by atoms with E-state index >= 15 is 0 Å². The summed E-state index contributed by atoms with van der Waals surface area (Å²) in [5.41, 5.74) is 1.12. The second-order valence-electron chi connectivity index (χ2n) is 4.60. The first-order valence-electron chi connectivity index (χ1n) is 6.52. The third-order valence-corrected chi connectivity index (χ3v) is 4.63.